The van der Waals surface area contributed by atoms with Crippen LogP contribution in [0.2, 0.25) is 0 Å². The van der Waals surface area contributed by atoms with Crippen LogP contribution < -0.4 is 0 Å². The first-order chi connectivity index (χ1) is 14.4. The van der Waals surface area contributed by atoms with Gasteiger partial charge < -0.3 is 4.90 Å². The van der Waals surface area contributed by atoms with Crippen LogP contribution in [0, 0.1) is 10.1 Å². The molecule has 9 nitrogen and oxygen atoms in total. The summed E-state index contributed by atoms with van der Waals surface area (Å²) in [4.78, 5) is 29.1. The number of hydrogen-bond acceptors (Lipinski definition) is 6. The van der Waals surface area contributed by atoms with Crippen LogP contribution in [0.5, 0.6) is 0 Å². The molecular weight excluding hydrogens is 408 g/mol. The molecule has 30 heavy (non-hydrogen) atoms. The van der Waals surface area contributed by atoms with Crippen LogP contribution >= 0.6 is 0 Å². The number of nitro groups is 1. The highest BCUT2D eigenvalue weighted by Gasteiger charge is 2.31. The summed E-state index contributed by atoms with van der Waals surface area (Å²) in [5, 5.41) is 11.6. The average molecular weight is 426 g/mol. The van der Waals surface area contributed by atoms with Gasteiger partial charge in [0, 0.05) is 49.9 Å². The molecule has 0 aliphatic carbocycles. The van der Waals surface area contributed by atoms with Crippen LogP contribution in [0.25, 0.3) is 10.9 Å². The normalized spacial score (nSPS) is 15.3. The number of carbonyl (C=O) groups excluding carboxylic acids is 1. The lowest BCUT2D eigenvalue weighted by Crippen LogP contribution is -2.50. The molecule has 1 aliphatic heterocycles. The average Bonchev–Trinajstić information content (AvgIpc) is 2.78. The Kier molecular flexibility index (Phi) is 5.18. The molecule has 0 radical (unpaired) electrons. The first-order valence-electron chi connectivity index (χ1n) is 9.25. The maximum absolute atomic E-state index is 13.0. The monoisotopic (exact) mass is 426 g/mol. The van der Waals surface area contributed by atoms with Crippen LogP contribution in [-0.4, -0.2) is 59.6 Å². The highest BCUT2D eigenvalue weighted by molar-refractivity contribution is 7.89. The van der Waals surface area contributed by atoms with Gasteiger partial charge in [-0.15, -0.1) is 0 Å². The van der Waals surface area contributed by atoms with Crippen LogP contribution in [0.1, 0.15) is 10.4 Å². The third-order valence-electron chi connectivity index (χ3n) is 5.07. The highest BCUT2D eigenvalue weighted by atomic mass is 32.2. The number of benzene rings is 2. The number of hydrogen-bond donors (Lipinski definition) is 0. The third kappa shape index (κ3) is 3.62. The predicted octanol–water partition coefficient (Wildman–Crippen LogP) is 2.29. The molecule has 0 spiro atoms. The Balaban J connectivity index is 1.49. The Bertz CT molecular complexity index is 1210. The Labute approximate surface area is 172 Å². The molecule has 1 aromatic heterocycles. The first kappa shape index (κ1) is 19.9. The number of sulfonamides is 1. The van der Waals surface area contributed by atoms with Crippen molar-refractivity contribution in [3.05, 3.63) is 76.5 Å². The van der Waals surface area contributed by atoms with E-state index in [0.717, 1.165) is 5.39 Å². The van der Waals surface area contributed by atoms with Gasteiger partial charge in [-0.05, 0) is 24.3 Å². The van der Waals surface area contributed by atoms with E-state index in [9.17, 15) is 23.3 Å². The maximum Gasteiger partial charge on any atom is 0.269 e. The van der Waals surface area contributed by atoms with E-state index in [1.807, 2.05) is 12.1 Å². The number of non-ortho nitro benzene ring substituents is 1. The van der Waals surface area contributed by atoms with Crippen LogP contribution in [-0.2, 0) is 10.0 Å². The first-order valence-corrected chi connectivity index (χ1v) is 10.7. The number of amides is 1. The van der Waals surface area contributed by atoms with Crippen molar-refractivity contribution < 1.29 is 18.1 Å². The minimum Gasteiger partial charge on any atom is -0.336 e. The fourth-order valence-corrected chi connectivity index (χ4v) is 4.89. The van der Waals surface area contributed by atoms with E-state index in [2.05, 4.69) is 4.98 Å². The number of nitrogens with zero attached hydrogens (tertiary/aromatic N) is 4. The summed E-state index contributed by atoms with van der Waals surface area (Å²) in [5.41, 5.74) is 0.929. The van der Waals surface area contributed by atoms with Gasteiger partial charge in [0.15, 0.2) is 0 Å². The quantitative estimate of drug-likeness (QED) is 0.467. The van der Waals surface area contributed by atoms with Gasteiger partial charge in [-0.3, -0.25) is 19.9 Å². The van der Waals surface area contributed by atoms with Gasteiger partial charge in [-0.25, -0.2) is 8.42 Å². The Hall–Kier alpha value is -3.37. The summed E-state index contributed by atoms with van der Waals surface area (Å²) >= 11 is 0. The zero-order valence-electron chi connectivity index (χ0n) is 15.8. The van der Waals surface area contributed by atoms with Crippen LogP contribution in [0.15, 0.2) is 65.7 Å². The number of piperazine rings is 1. The number of fused-ring (bicyclic) bond motifs is 1. The zero-order valence-corrected chi connectivity index (χ0v) is 16.7. The standard InChI is InChI=1S/C20H18N4O5S/c25-20(18-5-1-3-15-4-2-10-21-19(15)18)22-11-13-23(14-12-22)30(28,29)17-8-6-16(7-9-17)24(26)27/h1-10H,11-14H2. The second kappa shape index (κ2) is 7.81. The van der Waals surface area contributed by atoms with Crippen molar-refractivity contribution in [1.29, 1.82) is 0 Å². The topological polar surface area (TPSA) is 114 Å². The second-order valence-electron chi connectivity index (χ2n) is 6.83. The van der Waals surface area contributed by atoms with E-state index < -0.39 is 14.9 Å². The van der Waals surface area contributed by atoms with E-state index in [-0.39, 0.29) is 42.7 Å². The molecule has 2 heterocycles. The van der Waals surface area contributed by atoms with Crippen molar-refractivity contribution >= 4 is 32.5 Å². The van der Waals surface area contributed by atoms with Gasteiger partial charge in [0.25, 0.3) is 11.6 Å². The molecule has 0 bridgehead atoms. The molecule has 4 rings (SSSR count). The Morgan fingerprint density at radius 3 is 2.30 bits per heavy atom. The van der Waals surface area contributed by atoms with Crippen LogP contribution in [0.3, 0.4) is 0 Å². The highest BCUT2D eigenvalue weighted by Crippen LogP contribution is 2.22. The smallest absolute Gasteiger partial charge is 0.269 e. The number of carbonyl (C=O) groups is 1. The molecule has 2 aromatic carbocycles. The molecule has 10 heteroatoms. The number of para-hydroxylation sites is 1. The lowest BCUT2D eigenvalue weighted by molar-refractivity contribution is -0.384. The lowest BCUT2D eigenvalue weighted by Gasteiger charge is -2.34. The van der Waals surface area contributed by atoms with E-state index in [4.69, 9.17) is 0 Å². The summed E-state index contributed by atoms with van der Waals surface area (Å²) in [6, 6.07) is 13.9. The SMILES string of the molecule is O=C(c1cccc2cccnc12)N1CCN(S(=O)(=O)c2ccc([N+](=O)[O-])cc2)CC1. The fraction of sp³-hybridized carbons (Fsp3) is 0.200. The van der Waals surface area contributed by atoms with Gasteiger partial charge in [0.1, 0.15) is 0 Å². The van der Waals surface area contributed by atoms with Crippen molar-refractivity contribution in [1.82, 2.24) is 14.2 Å². The summed E-state index contributed by atoms with van der Waals surface area (Å²) in [6.07, 6.45) is 1.63. The molecular formula is C20H18N4O5S. The minimum atomic E-state index is -3.79. The predicted molar refractivity (Wildman–Crippen MR) is 110 cm³/mol. The zero-order chi connectivity index (χ0) is 21.3. The van der Waals surface area contributed by atoms with Gasteiger partial charge >= 0.3 is 0 Å². The van der Waals surface area contributed by atoms with Crippen molar-refractivity contribution in [2.45, 2.75) is 4.90 Å². The third-order valence-corrected chi connectivity index (χ3v) is 6.99. The number of aromatic nitrogens is 1. The van der Waals surface area contributed by atoms with Crippen molar-refractivity contribution in [2.75, 3.05) is 26.2 Å². The lowest BCUT2D eigenvalue weighted by atomic mass is 10.1. The second-order valence-corrected chi connectivity index (χ2v) is 8.77. The Morgan fingerprint density at radius 1 is 0.967 bits per heavy atom. The van der Waals surface area contributed by atoms with Gasteiger partial charge in [-0.2, -0.15) is 4.31 Å². The van der Waals surface area contributed by atoms with Crippen molar-refractivity contribution in [2.24, 2.45) is 0 Å². The molecule has 1 saturated heterocycles. The summed E-state index contributed by atoms with van der Waals surface area (Å²) in [6.45, 7) is 0.773. The fourth-order valence-electron chi connectivity index (χ4n) is 3.47. The van der Waals surface area contributed by atoms with Crippen LogP contribution in [0.4, 0.5) is 5.69 Å². The number of rotatable bonds is 4. The molecule has 1 amide bonds. The molecule has 154 valence electrons. The van der Waals surface area contributed by atoms with Crippen molar-refractivity contribution in [3.8, 4) is 0 Å². The maximum atomic E-state index is 13.0. The van der Waals surface area contributed by atoms with E-state index >= 15 is 0 Å². The van der Waals surface area contributed by atoms with E-state index in [0.29, 0.717) is 11.1 Å². The minimum absolute atomic E-state index is 0.00821. The molecule has 0 atom stereocenters. The van der Waals surface area contributed by atoms with Gasteiger partial charge in [-0.1, -0.05) is 18.2 Å². The molecule has 0 N–H and O–H groups in total. The van der Waals surface area contributed by atoms with E-state index in [1.165, 1.54) is 28.6 Å². The Morgan fingerprint density at radius 2 is 1.63 bits per heavy atom. The summed E-state index contributed by atoms with van der Waals surface area (Å²) in [5.74, 6) is -0.188. The summed E-state index contributed by atoms with van der Waals surface area (Å²) in [7, 11) is -3.79. The van der Waals surface area contributed by atoms with Gasteiger partial charge in [0.05, 0.1) is 20.9 Å². The summed E-state index contributed by atoms with van der Waals surface area (Å²) < 4.78 is 27.0. The molecule has 0 unspecified atom stereocenters. The molecule has 3 aromatic rings. The van der Waals surface area contributed by atoms with Gasteiger partial charge in [0.2, 0.25) is 10.0 Å². The van der Waals surface area contributed by atoms with E-state index in [1.54, 1.807) is 29.3 Å². The molecule has 0 saturated carbocycles. The number of pyridine rings is 1. The largest absolute Gasteiger partial charge is 0.336 e. The molecule has 1 fully saturated rings. The number of nitro benzene ring substituents is 1. The molecule has 1 aliphatic rings. The van der Waals surface area contributed by atoms with Crippen molar-refractivity contribution in [3.63, 3.8) is 0 Å².